The van der Waals surface area contributed by atoms with Gasteiger partial charge in [-0.2, -0.15) is 8.86 Å². The topological polar surface area (TPSA) is 180 Å². The molecule has 11 nitrogen and oxygen atoms in total. The Kier molecular flexibility index (Phi) is 9.55. The number of hydrogen-bond donors (Lipinski definition) is 5. The summed E-state index contributed by atoms with van der Waals surface area (Å²) in [5.41, 5.74) is 5.96. The van der Waals surface area contributed by atoms with E-state index in [9.17, 15) is 18.4 Å². The van der Waals surface area contributed by atoms with Gasteiger partial charge in [-0.15, -0.1) is 11.3 Å². The van der Waals surface area contributed by atoms with Crippen LogP contribution < -0.4 is 11.1 Å². The summed E-state index contributed by atoms with van der Waals surface area (Å²) in [6, 6.07) is 3.08. The molecule has 35 heavy (non-hydrogen) atoms. The normalized spacial score (nSPS) is 17.8. The third kappa shape index (κ3) is 6.84. The first-order valence-electron chi connectivity index (χ1n) is 10.9. The second-order valence-corrected chi connectivity index (χ2v) is 13.1. The lowest BCUT2D eigenvalue weighted by Gasteiger charge is -2.36. The van der Waals surface area contributed by atoms with Crippen molar-refractivity contribution in [2.45, 2.75) is 58.7 Å². The van der Waals surface area contributed by atoms with Crippen LogP contribution in [0.5, 0.6) is 5.75 Å². The molecule has 0 amide bonds. The lowest BCUT2D eigenvalue weighted by atomic mass is 9.85. The second-order valence-electron chi connectivity index (χ2n) is 8.89. The number of rotatable bonds is 8. The fraction of sp³-hybridized carbons (Fsp3) is 0.524. The predicted molar refractivity (Wildman–Crippen MR) is 146 cm³/mol. The van der Waals surface area contributed by atoms with E-state index in [0.29, 0.717) is 29.5 Å². The minimum atomic E-state index is -3.19. The number of amidine groups is 2. The zero-order chi connectivity index (χ0) is 26.7. The molecule has 0 aliphatic heterocycles. The van der Waals surface area contributed by atoms with E-state index in [1.165, 1.54) is 0 Å². The minimum absolute atomic E-state index is 0.0862. The van der Waals surface area contributed by atoms with Crippen LogP contribution in [0, 0.1) is 19.3 Å². The Morgan fingerprint density at radius 2 is 1.94 bits per heavy atom. The van der Waals surface area contributed by atoms with Gasteiger partial charge in [0.05, 0.1) is 5.69 Å². The molecular weight excluding hydrogens is 514 g/mol. The monoisotopic (exact) mass is 551 g/mol. The summed E-state index contributed by atoms with van der Waals surface area (Å²) in [5.74, 6) is 0.554. The number of aromatic hydroxyl groups is 1. The van der Waals surface area contributed by atoms with Gasteiger partial charge < -0.3 is 25.1 Å². The van der Waals surface area contributed by atoms with Crippen LogP contribution in [-0.4, -0.2) is 47.8 Å². The molecule has 198 valence electrons. The fourth-order valence-corrected chi connectivity index (χ4v) is 6.95. The maximum atomic E-state index is 11.6. The standard InChI is InChI=1S/C21H35N5O6S3/c1-8-26(9-2)35(30,31)20-16(27)15(13(4)33-20)23-19(25-34(28)29)18(22)24-17(21(5,6)7)14-11-10-12(3)32-14/h10-11,17,27,30-31H,8-9H2,1-7H3,(H2,22,24)(H2,23,25,28,29)/p+2. The van der Waals surface area contributed by atoms with Gasteiger partial charge in [0.2, 0.25) is 10.0 Å². The molecule has 0 saturated carbocycles. The summed E-state index contributed by atoms with van der Waals surface area (Å²) in [4.78, 5) is 5.08. The van der Waals surface area contributed by atoms with Crippen LogP contribution in [0.3, 0.4) is 0 Å². The Labute approximate surface area is 214 Å². The molecule has 3 unspecified atom stereocenters. The fourth-order valence-electron chi connectivity index (χ4n) is 3.39. The molecule has 2 aromatic heterocycles. The molecule has 0 aliphatic carbocycles. The van der Waals surface area contributed by atoms with Gasteiger partial charge in [0.1, 0.15) is 17.6 Å². The lowest BCUT2D eigenvalue weighted by Crippen LogP contribution is -2.33. The van der Waals surface area contributed by atoms with E-state index in [1.54, 1.807) is 17.3 Å². The molecule has 14 heteroatoms. The first kappa shape index (κ1) is 29.3. The predicted octanol–water partition coefficient (Wildman–Crippen LogP) is 4.24. The van der Waals surface area contributed by atoms with Gasteiger partial charge in [-0.25, -0.2) is 4.55 Å². The Hall–Kier alpha value is -1.94. The largest absolute Gasteiger partial charge is 0.503 e. The highest BCUT2D eigenvalue weighted by Gasteiger charge is 2.35. The van der Waals surface area contributed by atoms with E-state index >= 15 is 0 Å². The molecule has 2 aromatic rings. The highest BCUT2D eigenvalue weighted by Crippen LogP contribution is 2.60. The van der Waals surface area contributed by atoms with Crippen LogP contribution in [0.25, 0.3) is 0 Å². The number of furan rings is 1. The van der Waals surface area contributed by atoms with Gasteiger partial charge in [-0.1, -0.05) is 34.6 Å². The van der Waals surface area contributed by atoms with Crippen LogP contribution in [0.1, 0.15) is 57.1 Å². The molecule has 0 aliphatic rings. The van der Waals surface area contributed by atoms with Gasteiger partial charge in [-0.05, 0) is 50.8 Å². The molecule has 2 heterocycles. The molecule has 0 radical (unpaired) electrons. The van der Waals surface area contributed by atoms with Crippen molar-refractivity contribution in [3.63, 3.8) is 0 Å². The smallest absolute Gasteiger partial charge is 0.324 e. The Bertz CT molecular complexity index is 1120. The van der Waals surface area contributed by atoms with Crippen molar-refractivity contribution in [3.8, 4) is 5.75 Å². The number of thiophene rings is 1. The number of hydrogen-bond acceptors (Lipinski definition) is 7. The van der Waals surface area contributed by atoms with E-state index in [-0.39, 0.29) is 27.3 Å². The van der Waals surface area contributed by atoms with Crippen LogP contribution in [0.15, 0.2) is 30.1 Å². The number of anilines is 1. The molecule has 0 fully saturated rings. The molecule has 2 rings (SSSR count). The van der Waals surface area contributed by atoms with Crippen LogP contribution in [0.4, 0.5) is 5.69 Å². The molecule has 3 atom stereocenters. The van der Waals surface area contributed by atoms with Crippen molar-refractivity contribution in [1.82, 2.24) is 4.31 Å². The quantitative estimate of drug-likeness (QED) is 0.140. The van der Waals surface area contributed by atoms with Crippen LogP contribution >= 0.6 is 22.1 Å². The summed E-state index contributed by atoms with van der Waals surface area (Å²) in [5, 5.41) is 13.7. The Morgan fingerprint density at radius 3 is 2.40 bits per heavy atom. The molecular formula is C21H37N5O6S3+2. The van der Waals surface area contributed by atoms with E-state index in [0.717, 1.165) is 11.3 Å². The second kappa shape index (κ2) is 11.4. The van der Waals surface area contributed by atoms with E-state index in [1.807, 2.05) is 47.6 Å². The van der Waals surface area contributed by atoms with E-state index < -0.39 is 33.5 Å². The summed E-state index contributed by atoms with van der Waals surface area (Å²) in [7, 11) is -3.19. The van der Waals surface area contributed by atoms with Crippen molar-refractivity contribution in [3.05, 3.63) is 28.5 Å². The van der Waals surface area contributed by atoms with Crippen molar-refractivity contribution in [2.24, 2.45) is 20.5 Å². The van der Waals surface area contributed by atoms with Crippen molar-refractivity contribution >= 4 is 50.7 Å². The van der Waals surface area contributed by atoms with E-state index in [2.05, 4.69) is 14.7 Å². The first-order chi connectivity index (χ1) is 16.1. The van der Waals surface area contributed by atoms with Crippen molar-refractivity contribution < 1.29 is 27.4 Å². The number of nitrogens with one attached hydrogen (secondary N) is 1. The number of nitrogens with two attached hydrogens (primary N) is 1. The third-order valence-corrected chi connectivity index (χ3v) is 9.34. The van der Waals surface area contributed by atoms with Crippen LogP contribution in [-0.2, 0) is 15.5 Å². The lowest BCUT2D eigenvalue weighted by molar-refractivity contribution is 0.284. The number of aliphatic imine (C=N–C) groups is 1. The van der Waals surface area contributed by atoms with Gasteiger partial charge in [-0.3, -0.25) is 4.99 Å². The molecule has 0 spiro atoms. The summed E-state index contributed by atoms with van der Waals surface area (Å²) in [6.45, 7) is 13.8. The Morgan fingerprint density at radius 1 is 1.34 bits per heavy atom. The minimum Gasteiger partial charge on any atom is -0.503 e. The SMILES string of the molecule is CCN(CC)S(O)([OH2+])c1sc(C)c(NC(=N[SH+](=O)O)C(N)=NC(c2ccc(C)o2)C(C)(C)C)c1O. The average Bonchev–Trinajstić information content (AvgIpc) is 3.28. The van der Waals surface area contributed by atoms with Gasteiger partial charge in [0, 0.05) is 18.0 Å². The zero-order valence-electron chi connectivity index (χ0n) is 21.0. The van der Waals surface area contributed by atoms with Gasteiger partial charge in [0.25, 0.3) is 0 Å². The first-order valence-corrected chi connectivity index (χ1v) is 14.5. The zero-order valence-corrected chi connectivity index (χ0v) is 23.5. The van der Waals surface area contributed by atoms with Crippen molar-refractivity contribution in [1.29, 1.82) is 0 Å². The van der Waals surface area contributed by atoms with Gasteiger partial charge >= 0.3 is 11.3 Å². The molecule has 0 saturated heterocycles. The maximum absolute atomic E-state index is 11.6. The summed E-state index contributed by atoms with van der Waals surface area (Å²) < 4.78 is 51.6. The molecule has 8 N–H and O–H groups in total. The highest BCUT2D eigenvalue weighted by molar-refractivity contribution is 8.23. The Balaban J connectivity index is 2.54. The summed E-state index contributed by atoms with van der Waals surface area (Å²) in [6.07, 6.45) is 0. The summed E-state index contributed by atoms with van der Waals surface area (Å²) >= 11 is -1.94. The van der Waals surface area contributed by atoms with Gasteiger partial charge in [0.15, 0.2) is 11.6 Å². The number of aryl methyl sites for hydroxylation is 2. The molecule has 0 aromatic carbocycles. The highest BCUT2D eigenvalue weighted by atomic mass is 32.3. The average molecular weight is 552 g/mol. The maximum Gasteiger partial charge on any atom is 0.324 e. The van der Waals surface area contributed by atoms with Crippen molar-refractivity contribution in [2.75, 3.05) is 18.4 Å². The van der Waals surface area contributed by atoms with E-state index in [4.69, 9.17) is 14.7 Å². The number of nitrogens with zero attached hydrogens (tertiary/aromatic N) is 3. The number of thiol groups is 1. The third-order valence-electron chi connectivity index (χ3n) is 5.16. The molecule has 0 bridgehead atoms. The van der Waals surface area contributed by atoms with Crippen LogP contribution in [0.2, 0.25) is 0 Å².